The predicted octanol–water partition coefficient (Wildman–Crippen LogP) is 5.97. The molecule has 1 heterocycles. The van der Waals surface area contributed by atoms with Crippen molar-refractivity contribution in [3.05, 3.63) is 82.8 Å². The number of anilines is 2. The smallest absolute Gasteiger partial charge is 0.241 e. The fourth-order valence-electron chi connectivity index (χ4n) is 4.75. The summed E-state index contributed by atoms with van der Waals surface area (Å²) in [7, 11) is -3.31. The minimum atomic E-state index is -3.31. The zero-order valence-electron chi connectivity index (χ0n) is 22.9. The van der Waals surface area contributed by atoms with Crippen LogP contribution in [0.3, 0.4) is 0 Å². The molecule has 1 unspecified atom stereocenters. The number of nitrogens with one attached hydrogen (secondary N) is 3. The van der Waals surface area contributed by atoms with E-state index >= 15 is 0 Å². The molecule has 1 saturated heterocycles. The van der Waals surface area contributed by atoms with Crippen LogP contribution >= 0.6 is 15.9 Å². The quantitative estimate of drug-likeness (QED) is 0.228. The SMILES string of the molecule is CCCC(NC1CCN(Cc2ccc(Oc3ccc(NS(C)(=O)=O)cc3)cc2)CC1)C(=O)Nc1ccc(Br)cc1. The van der Waals surface area contributed by atoms with E-state index in [-0.39, 0.29) is 11.9 Å². The number of likely N-dealkylation sites (tertiary alicyclic amines) is 1. The Bertz CT molecular complexity index is 1340. The fourth-order valence-corrected chi connectivity index (χ4v) is 5.57. The summed E-state index contributed by atoms with van der Waals surface area (Å²) in [5, 5.41) is 6.67. The number of nitrogens with zero attached hydrogens (tertiary/aromatic N) is 1. The van der Waals surface area contributed by atoms with Gasteiger partial charge in [0.25, 0.3) is 0 Å². The lowest BCUT2D eigenvalue weighted by atomic mass is 10.0. The number of piperidine rings is 1. The van der Waals surface area contributed by atoms with Crippen LogP contribution in [0.1, 0.15) is 38.2 Å². The molecule has 1 aliphatic heterocycles. The Hall–Kier alpha value is -2.92. The van der Waals surface area contributed by atoms with E-state index < -0.39 is 10.0 Å². The monoisotopic (exact) mass is 628 g/mol. The molecule has 0 aliphatic carbocycles. The number of ether oxygens (including phenoxy) is 1. The molecule has 40 heavy (non-hydrogen) atoms. The zero-order valence-corrected chi connectivity index (χ0v) is 25.3. The van der Waals surface area contributed by atoms with Crippen LogP contribution in [0.4, 0.5) is 11.4 Å². The predicted molar refractivity (Wildman–Crippen MR) is 164 cm³/mol. The summed E-state index contributed by atoms with van der Waals surface area (Å²) in [6, 6.07) is 22.6. The van der Waals surface area contributed by atoms with Crippen LogP contribution in [-0.2, 0) is 21.4 Å². The number of benzene rings is 3. The molecule has 1 atom stereocenters. The summed E-state index contributed by atoms with van der Waals surface area (Å²) in [5.41, 5.74) is 2.51. The topological polar surface area (TPSA) is 99.8 Å². The molecule has 3 N–H and O–H groups in total. The van der Waals surface area contributed by atoms with Crippen LogP contribution in [-0.4, -0.2) is 50.7 Å². The van der Waals surface area contributed by atoms with Gasteiger partial charge in [0, 0.05) is 28.4 Å². The van der Waals surface area contributed by atoms with E-state index in [0.717, 1.165) is 67.5 Å². The molecule has 3 aromatic rings. The van der Waals surface area contributed by atoms with Crippen LogP contribution in [0.2, 0.25) is 0 Å². The first kappa shape index (κ1) is 30.0. The van der Waals surface area contributed by atoms with Gasteiger partial charge in [-0.05, 0) is 98.6 Å². The molecule has 8 nitrogen and oxygen atoms in total. The van der Waals surface area contributed by atoms with Crippen LogP contribution in [0.25, 0.3) is 0 Å². The summed E-state index contributed by atoms with van der Waals surface area (Å²) in [4.78, 5) is 15.4. The van der Waals surface area contributed by atoms with E-state index in [1.807, 2.05) is 36.4 Å². The van der Waals surface area contributed by atoms with Gasteiger partial charge in [-0.15, -0.1) is 0 Å². The number of carbonyl (C=O) groups excluding carboxylic acids is 1. The molecule has 1 fully saturated rings. The average Bonchev–Trinajstić information content (AvgIpc) is 2.92. The van der Waals surface area contributed by atoms with E-state index in [9.17, 15) is 13.2 Å². The van der Waals surface area contributed by atoms with Gasteiger partial charge in [-0.2, -0.15) is 0 Å². The summed E-state index contributed by atoms with van der Waals surface area (Å²) in [6.45, 7) is 4.91. The molecule has 1 aliphatic rings. The molecule has 0 radical (unpaired) electrons. The Kier molecular flexibility index (Phi) is 10.6. The van der Waals surface area contributed by atoms with Crippen LogP contribution < -0.4 is 20.1 Å². The highest BCUT2D eigenvalue weighted by Gasteiger charge is 2.25. The fraction of sp³-hybridized carbons (Fsp3) is 0.367. The highest BCUT2D eigenvalue weighted by molar-refractivity contribution is 9.10. The second kappa shape index (κ2) is 14.1. The van der Waals surface area contributed by atoms with Crippen molar-refractivity contribution in [2.45, 2.75) is 51.2 Å². The third-order valence-electron chi connectivity index (χ3n) is 6.75. The number of rotatable bonds is 12. The molecule has 4 rings (SSSR count). The van der Waals surface area contributed by atoms with Crippen LogP contribution in [0, 0.1) is 0 Å². The molecule has 214 valence electrons. The van der Waals surface area contributed by atoms with Gasteiger partial charge in [-0.3, -0.25) is 14.4 Å². The maximum Gasteiger partial charge on any atom is 0.241 e. The third kappa shape index (κ3) is 9.62. The van der Waals surface area contributed by atoms with Gasteiger partial charge in [-0.25, -0.2) is 8.42 Å². The Labute approximate surface area is 245 Å². The van der Waals surface area contributed by atoms with Gasteiger partial charge in [0.1, 0.15) is 11.5 Å². The molecule has 0 aromatic heterocycles. The number of hydrogen-bond acceptors (Lipinski definition) is 6. The Balaban J connectivity index is 1.22. The molecule has 3 aromatic carbocycles. The number of sulfonamides is 1. The van der Waals surface area contributed by atoms with Gasteiger partial charge < -0.3 is 15.4 Å². The Morgan fingerprint density at radius 2 is 1.52 bits per heavy atom. The lowest BCUT2D eigenvalue weighted by Gasteiger charge is -2.34. The Morgan fingerprint density at radius 1 is 0.950 bits per heavy atom. The van der Waals surface area contributed by atoms with Crippen molar-refractivity contribution >= 4 is 43.2 Å². The molecule has 1 amide bonds. The first-order valence-electron chi connectivity index (χ1n) is 13.6. The normalized spacial score (nSPS) is 15.4. The third-order valence-corrected chi connectivity index (χ3v) is 7.89. The van der Waals surface area contributed by atoms with Crippen molar-refractivity contribution in [1.29, 1.82) is 0 Å². The summed E-state index contributed by atoms with van der Waals surface area (Å²) < 4.78 is 32.0. The lowest BCUT2D eigenvalue weighted by Crippen LogP contribution is -2.50. The van der Waals surface area contributed by atoms with Crippen molar-refractivity contribution < 1.29 is 17.9 Å². The maximum absolute atomic E-state index is 12.9. The van der Waals surface area contributed by atoms with Gasteiger partial charge in [0.2, 0.25) is 15.9 Å². The molecular formula is C30H37BrN4O4S. The number of halogens is 1. The zero-order chi connectivity index (χ0) is 28.5. The maximum atomic E-state index is 12.9. The van der Waals surface area contributed by atoms with Crippen molar-refractivity contribution in [2.75, 3.05) is 29.4 Å². The minimum Gasteiger partial charge on any atom is -0.457 e. The molecule has 0 saturated carbocycles. The molecular weight excluding hydrogens is 592 g/mol. The first-order valence-corrected chi connectivity index (χ1v) is 16.2. The number of hydrogen-bond donors (Lipinski definition) is 3. The van der Waals surface area contributed by atoms with E-state index in [2.05, 4.69) is 55.2 Å². The second-order valence-electron chi connectivity index (χ2n) is 10.2. The second-order valence-corrected chi connectivity index (χ2v) is 12.9. The minimum absolute atomic E-state index is 0.0235. The van der Waals surface area contributed by atoms with Gasteiger partial charge >= 0.3 is 0 Å². The van der Waals surface area contributed by atoms with E-state index in [4.69, 9.17) is 4.74 Å². The van der Waals surface area contributed by atoms with Crippen molar-refractivity contribution in [3.8, 4) is 11.5 Å². The van der Waals surface area contributed by atoms with Crippen molar-refractivity contribution in [1.82, 2.24) is 10.2 Å². The van der Waals surface area contributed by atoms with Crippen LogP contribution in [0.5, 0.6) is 11.5 Å². The molecule has 0 spiro atoms. The van der Waals surface area contributed by atoms with Crippen LogP contribution in [0.15, 0.2) is 77.3 Å². The van der Waals surface area contributed by atoms with E-state index in [0.29, 0.717) is 17.5 Å². The lowest BCUT2D eigenvalue weighted by molar-refractivity contribution is -0.118. The number of carbonyl (C=O) groups is 1. The van der Waals surface area contributed by atoms with Crippen molar-refractivity contribution in [2.24, 2.45) is 0 Å². The standard InChI is InChI=1S/C30H37BrN4O4S/c1-3-4-29(30(36)33-24-9-7-23(31)8-10-24)32-25-17-19-35(20-18-25)21-22-5-13-27(14-6-22)39-28-15-11-26(12-16-28)34-40(2,37)38/h5-16,25,29,32,34H,3-4,17-21H2,1-2H3,(H,33,36). The molecule has 10 heteroatoms. The highest BCUT2D eigenvalue weighted by atomic mass is 79.9. The summed E-state index contributed by atoms with van der Waals surface area (Å²) in [6.07, 6.45) is 4.86. The largest absolute Gasteiger partial charge is 0.457 e. The van der Waals surface area contributed by atoms with Crippen molar-refractivity contribution in [3.63, 3.8) is 0 Å². The van der Waals surface area contributed by atoms with E-state index in [1.165, 1.54) is 5.56 Å². The summed E-state index contributed by atoms with van der Waals surface area (Å²) in [5.74, 6) is 1.38. The highest BCUT2D eigenvalue weighted by Crippen LogP contribution is 2.25. The van der Waals surface area contributed by atoms with Gasteiger partial charge in [0.15, 0.2) is 0 Å². The average molecular weight is 630 g/mol. The first-order chi connectivity index (χ1) is 19.2. The Morgan fingerprint density at radius 3 is 2.10 bits per heavy atom. The van der Waals surface area contributed by atoms with E-state index in [1.54, 1.807) is 24.3 Å². The molecule has 0 bridgehead atoms. The van der Waals surface area contributed by atoms with Gasteiger partial charge in [-0.1, -0.05) is 41.4 Å². The van der Waals surface area contributed by atoms with Gasteiger partial charge in [0.05, 0.1) is 12.3 Å². The summed E-state index contributed by atoms with van der Waals surface area (Å²) >= 11 is 3.43. The number of amides is 1.